The molecule has 0 saturated heterocycles. The van der Waals surface area contributed by atoms with E-state index in [9.17, 15) is 0 Å². The number of nitrogens with zero attached hydrogens (tertiary/aromatic N) is 1. The Kier molecular flexibility index (Phi) is 8.89. The van der Waals surface area contributed by atoms with E-state index in [1.165, 1.54) is 65.3 Å². The molecule has 1 aromatic heterocycles. The van der Waals surface area contributed by atoms with Crippen LogP contribution >= 0.6 is 0 Å². The zero-order chi connectivity index (χ0) is 43.6. The molecule has 0 spiro atoms. The Morgan fingerprint density at radius 2 is 0.576 bits per heavy atom. The Morgan fingerprint density at radius 3 is 1.05 bits per heavy atom. The highest BCUT2D eigenvalue weighted by atomic mass is 16.3. The number of para-hydroxylation sites is 2. The molecular weight excluding hydrogens is 799 g/mol. The van der Waals surface area contributed by atoms with Gasteiger partial charge < -0.3 is 9.32 Å². The van der Waals surface area contributed by atoms with E-state index in [0.717, 1.165) is 61.3 Å². The van der Waals surface area contributed by atoms with Gasteiger partial charge in [-0.1, -0.05) is 200 Å². The van der Waals surface area contributed by atoms with E-state index in [-0.39, 0.29) is 0 Å². The summed E-state index contributed by atoms with van der Waals surface area (Å²) >= 11 is 0. The fraction of sp³-hybridized carbons (Fsp3) is 0. The Morgan fingerprint density at radius 1 is 0.227 bits per heavy atom. The topological polar surface area (TPSA) is 16.4 Å². The number of hydrogen-bond acceptors (Lipinski definition) is 2. The van der Waals surface area contributed by atoms with Gasteiger partial charge in [-0.2, -0.15) is 0 Å². The van der Waals surface area contributed by atoms with Crippen molar-refractivity contribution in [1.82, 2.24) is 0 Å². The van der Waals surface area contributed by atoms with E-state index in [4.69, 9.17) is 4.42 Å². The van der Waals surface area contributed by atoms with Crippen LogP contribution in [0.1, 0.15) is 0 Å². The molecule has 12 aromatic carbocycles. The van der Waals surface area contributed by atoms with Gasteiger partial charge in [0, 0.05) is 39.0 Å². The second kappa shape index (κ2) is 15.5. The van der Waals surface area contributed by atoms with Gasteiger partial charge in [0.25, 0.3) is 0 Å². The van der Waals surface area contributed by atoms with Crippen molar-refractivity contribution in [2.75, 3.05) is 4.90 Å². The first-order valence-electron chi connectivity index (χ1n) is 22.6. The van der Waals surface area contributed by atoms with Crippen LogP contribution in [0, 0.1) is 0 Å². The fourth-order valence-corrected chi connectivity index (χ4v) is 10.1. The van der Waals surface area contributed by atoms with Gasteiger partial charge in [-0.3, -0.25) is 0 Å². The van der Waals surface area contributed by atoms with E-state index < -0.39 is 0 Å². The highest BCUT2D eigenvalue weighted by molar-refractivity contribution is 6.13. The van der Waals surface area contributed by atoms with Crippen molar-refractivity contribution in [2.24, 2.45) is 0 Å². The lowest BCUT2D eigenvalue weighted by Gasteiger charge is -2.26. The lowest BCUT2D eigenvalue weighted by Crippen LogP contribution is -2.09. The van der Waals surface area contributed by atoms with Crippen LogP contribution in [0.5, 0.6) is 0 Å². The van der Waals surface area contributed by atoms with Crippen LogP contribution in [0.3, 0.4) is 0 Å². The average molecular weight is 840 g/mol. The highest BCUT2D eigenvalue weighted by Gasteiger charge is 2.18. The molecule has 0 bridgehead atoms. The summed E-state index contributed by atoms with van der Waals surface area (Å²) in [7, 11) is 0. The third-order valence-corrected chi connectivity index (χ3v) is 13.5. The van der Waals surface area contributed by atoms with Gasteiger partial charge in [0.15, 0.2) is 0 Å². The van der Waals surface area contributed by atoms with Gasteiger partial charge in [0.1, 0.15) is 11.2 Å². The largest absolute Gasteiger partial charge is 0.455 e. The Labute approximate surface area is 382 Å². The van der Waals surface area contributed by atoms with Gasteiger partial charge in [-0.15, -0.1) is 0 Å². The third kappa shape index (κ3) is 6.42. The maximum atomic E-state index is 6.81. The lowest BCUT2D eigenvalue weighted by atomic mass is 9.96. The smallest absolute Gasteiger partial charge is 0.143 e. The predicted molar refractivity (Wildman–Crippen MR) is 280 cm³/mol. The Balaban J connectivity index is 0.894. The van der Waals surface area contributed by atoms with Gasteiger partial charge in [0.05, 0.1) is 0 Å². The van der Waals surface area contributed by atoms with Gasteiger partial charge in [-0.25, -0.2) is 0 Å². The number of hydrogen-bond donors (Lipinski definition) is 0. The number of furan rings is 1. The molecule has 0 unspecified atom stereocenters. The second-order valence-electron chi connectivity index (χ2n) is 17.3. The Bertz CT molecular complexity index is 3800. The normalized spacial score (nSPS) is 11.6. The number of rotatable bonds is 7. The molecular formula is C64H41NO. The first kappa shape index (κ1) is 37.8. The van der Waals surface area contributed by atoms with Crippen LogP contribution in [0.2, 0.25) is 0 Å². The molecule has 308 valence electrons. The van der Waals surface area contributed by atoms with E-state index in [1.807, 2.05) is 0 Å². The van der Waals surface area contributed by atoms with Gasteiger partial charge in [-0.05, 0) is 125 Å². The minimum absolute atomic E-state index is 0.898. The SMILES string of the molecule is c1ccc(-c2cccc3c2oc2c(-c4ccc(N(c5ccc(-c6ccc7ccc8ccccc8c7c6)cc5)c5ccc(-c6ccc7ccc8ccccc8c7c6)cc5)cc4)cccc23)cc1. The van der Waals surface area contributed by atoms with E-state index in [2.05, 4.69) is 254 Å². The predicted octanol–water partition coefficient (Wildman–Crippen LogP) is 18.3. The summed E-state index contributed by atoms with van der Waals surface area (Å²) in [6.07, 6.45) is 0. The summed E-state index contributed by atoms with van der Waals surface area (Å²) < 4.78 is 6.81. The van der Waals surface area contributed by atoms with E-state index in [1.54, 1.807) is 0 Å². The molecule has 13 rings (SSSR count). The zero-order valence-electron chi connectivity index (χ0n) is 36.0. The van der Waals surface area contributed by atoms with Crippen LogP contribution in [0.25, 0.3) is 110 Å². The van der Waals surface area contributed by atoms with Crippen LogP contribution in [0.4, 0.5) is 17.1 Å². The van der Waals surface area contributed by atoms with Crippen LogP contribution in [-0.4, -0.2) is 0 Å². The summed E-state index contributed by atoms with van der Waals surface area (Å²) in [5, 5.41) is 12.3. The molecule has 13 aromatic rings. The molecule has 0 radical (unpaired) electrons. The molecule has 0 aliphatic heterocycles. The molecule has 0 N–H and O–H groups in total. The van der Waals surface area contributed by atoms with Crippen molar-refractivity contribution in [3.63, 3.8) is 0 Å². The molecule has 0 aliphatic rings. The molecule has 0 aliphatic carbocycles. The van der Waals surface area contributed by atoms with Crippen molar-refractivity contribution in [3.05, 3.63) is 249 Å². The fourth-order valence-electron chi connectivity index (χ4n) is 10.1. The molecule has 0 saturated carbocycles. The van der Waals surface area contributed by atoms with Crippen molar-refractivity contribution >= 4 is 82.1 Å². The molecule has 1 heterocycles. The summed E-state index contributed by atoms with van der Waals surface area (Å²) in [6.45, 7) is 0. The summed E-state index contributed by atoms with van der Waals surface area (Å²) in [5.74, 6) is 0. The molecule has 2 heteroatoms. The minimum Gasteiger partial charge on any atom is -0.455 e. The lowest BCUT2D eigenvalue weighted by molar-refractivity contribution is 0.671. The van der Waals surface area contributed by atoms with Crippen LogP contribution in [0.15, 0.2) is 253 Å². The number of anilines is 3. The standard InChI is InChI=1S/C64H41NO/c1-2-10-44(11-3-1)57-16-8-18-59-60-19-9-17-58(64(60)66-63(57)59)47-32-38-54(39-33-47)65(52-34-28-42(29-35-52)50-26-24-48-22-20-45-12-4-6-14-55(45)61(48)40-50)53-36-30-43(31-37-53)51-27-25-49-23-21-46-13-5-7-15-56(46)62(49)41-51/h1-41H. The molecule has 2 nitrogen and oxygen atoms in total. The van der Waals surface area contributed by atoms with Crippen LogP contribution < -0.4 is 4.90 Å². The molecule has 66 heavy (non-hydrogen) atoms. The number of fused-ring (bicyclic) bond motifs is 9. The molecule has 0 fully saturated rings. The summed E-state index contributed by atoms with van der Waals surface area (Å²) in [6, 6.07) is 90.1. The first-order chi connectivity index (χ1) is 32.7. The van der Waals surface area contributed by atoms with Crippen molar-refractivity contribution < 1.29 is 4.42 Å². The summed E-state index contributed by atoms with van der Waals surface area (Å²) in [4.78, 5) is 2.35. The first-order valence-corrected chi connectivity index (χ1v) is 22.6. The number of benzene rings is 12. The van der Waals surface area contributed by atoms with Crippen molar-refractivity contribution in [3.8, 4) is 44.5 Å². The maximum Gasteiger partial charge on any atom is 0.143 e. The van der Waals surface area contributed by atoms with Crippen molar-refractivity contribution in [2.45, 2.75) is 0 Å². The summed E-state index contributed by atoms with van der Waals surface area (Å²) in [5.41, 5.74) is 14.2. The quantitative estimate of drug-likeness (QED) is 0.149. The van der Waals surface area contributed by atoms with Crippen LogP contribution in [-0.2, 0) is 0 Å². The van der Waals surface area contributed by atoms with Crippen molar-refractivity contribution in [1.29, 1.82) is 0 Å². The maximum absolute atomic E-state index is 6.81. The third-order valence-electron chi connectivity index (χ3n) is 13.5. The zero-order valence-corrected chi connectivity index (χ0v) is 36.0. The monoisotopic (exact) mass is 839 g/mol. The second-order valence-corrected chi connectivity index (χ2v) is 17.3. The minimum atomic E-state index is 0.898. The van der Waals surface area contributed by atoms with Gasteiger partial charge in [0.2, 0.25) is 0 Å². The molecule has 0 amide bonds. The Hall–Kier alpha value is -8.72. The van der Waals surface area contributed by atoms with E-state index in [0.29, 0.717) is 0 Å². The highest BCUT2D eigenvalue weighted by Crippen LogP contribution is 2.42. The molecule has 0 atom stereocenters. The van der Waals surface area contributed by atoms with Gasteiger partial charge >= 0.3 is 0 Å². The average Bonchev–Trinajstić information content (AvgIpc) is 3.79. The van der Waals surface area contributed by atoms with E-state index >= 15 is 0 Å².